The third-order valence-electron chi connectivity index (χ3n) is 5.88. The number of aliphatic imine (C=N–C) groups is 1. The van der Waals surface area contributed by atoms with Crippen molar-refractivity contribution in [3.05, 3.63) is 59.4 Å². The zero-order chi connectivity index (χ0) is 22.8. The SMILES string of the molecule is CCNC(=NCc1ccc(C)cc1OCC1CCOC1)NCC(c1cccnc1)C(C)C. The van der Waals surface area contributed by atoms with Crippen molar-refractivity contribution in [3.63, 3.8) is 0 Å². The van der Waals surface area contributed by atoms with E-state index in [-0.39, 0.29) is 0 Å². The van der Waals surface area contributed by atoms with E-state index in [0.29, 0.717) is 30.9 Å². The normalized spacial score (nSPS) is 17.4. The molecule has 2 N–H and O–H groups in total. The minimum Gasteiger partial charge on any atom is -0.493 e. The monoisotopic (exact) mass is 438 g/mol. The molecule has 1 fully saturated rings. The van der Waals surface area contributed by atoms with Crippen LogP contribution in [0.25, 0.3) is 0 Å². The fourth-order valence-electron chi connectivity index (χ4n) is 3.90. The number of aryl methyl sites for hydroxylation is 1. The Bertz CT molecular complexity index is 848. The Balaban J connectivity index is 1.66. The van der Waals surface area contributed by atoms with Gasteiger partial charge in [-0.1, -0.05) is 32.0 Å². The van der Waals surface area contributed by atoms with Gasteiger partial charge in [-0.15, -0.1) is 0 Å². The smallest absolute Gasteiger partial charge is 0.191 e. The van der Waals surface area contributed by atoms with E-state index >= 15 is 0 Å². The first-order valence-electron chi connectivity index (χ1n) is 11.8. The summed E-state index contributed by atoms with van der Waals surface area (Å²) in [4.78, 5) is 9.15. The summed E-state index contributed by atoms with van der Waals surface area (Å²) in [6.07, 6.45) is 4.85. The molecule has 0 saturated carbocycles. The second-order valence-electron chi connectivity index (χ2n) is 8.86. The van der Waals surface area contributed by atoms with Gasteiger partial charge in [-0.2, -0.15) is 0 Å². The number of pyridine rings is 1. The molecule has 2 atom stereocenters. The Labute approximate surface area is 192 Å². The Morgan fingerprint density at radius 3 is 2.84 bits per heavy atom. The van der Waals surface area contributed by atoms with E-state index in [1.807, 2.05) is 18.5 Å². The van der Waals surface area contributed by atoms with Gasteiger partial charge >= 0.3 is 0 Å². The predicted molar refractivity (Wildman–Crippen MR) is 130 cm³/mol. The first kappa shape index (κ1) is 24.1. The van der Waals surface area contributed by atoms with E-state index in [2.05, 4.69) is 67.6 Å². The largest absolute Gasteiger partial charge is 0.493 e. The van der Waals surface area contributed by atoms with Gasteiger partial charge in [-0.05, 0) is 49.4 Å². The molecule has 1 aromatic carbocycles. The predicted octanol–water partition coefficient (Wildman–Crippen LogP) is 4.30. The Morgan fingerprint density at radius 1 is 1.28 bits per heavy atom. The number of rotatable bonds is 10. The fourth-order valence-corrected chi connectivity index (χ4v) is 3.90. The second kappa shape index (κ2) is 12.4. The highest BCUT2D eigenvalue weighted by molar-refractivity contribution is 5.79. The van der Waals surface area contributed by atoms with Crippen molar-refractivity contribution in [2.75, 3.05) is 32.9 Å². The van der Waals surface area contributed by atoms with E-state index in [9.17, 15) is 0 Å². The molecule has 6 heteroatoms. The van der Waals surface area contributed by atoms with Crippen molar-refractivity contribution >= 4 is 5.96 Å². The Kier molecular flexibility index (Phi) is 9.35. The lowest BCUT2D eigenvalue weighted by Crippen LogP contribution is -2.40. The average molecular weight is 439 g/mol. The van der Waals surface area contributed by atoms with Crippen LogP contribution in [-0.2, 0) is 11.3 Å². The van der Waals surface area contributed by atoms with Crippen molar-refractivity contribution < 1.29 is 9.47 Å². The lowest BCUT2D eigenvalue weighted by Gasteiger charge is -2.23. The molecule has 1 saturated heterocycles. The summed E-state index contributed by atoms with van der Waals surface area (Å²) in [5, 5.41) is 6.90. The van der Waals surface area contributed by atoms with Gasteiger partial charge in [0, 0.05) is 49.5 Å². The van der Waals surface area contributed by atoms with Crippen molar-refractivity contribution in [2.45, 2.75) is 46.6 Å². The third-order valence-corrected chi connectivity index (χ3v) is 5.88. The molecular formula is C26H38N4O2. The molecule has 2 heterocycles. The first-order valence-corrected chi connectivity index (χ1v) is 11.8. The van der Waals surface area contributed by atoms with E-state index in [1.165, 1.54) is 11.1 Å². The van der Waals surface area contributed by atoms with Gasteiger partial charge in [0.2, 0.25) is 0 Å². The molecule has 2 aromatic rings. The highest BCUT2D eigenvalue weighted by Crippen LogP contribution is 2.24. The summed E-state index contributed by atoms with van der Waals surface area (Å²) in [5.74, 6) is 3.07. The molecule has 6 nitrogen and oxygen atoms in total. The molecule has 0 spiro atoms. The van der Waals surface area contributed by atoms with Crippen LogP contribution >= 0.6 is 0 Å². The molecule has 3 rings (SSSR count). The van der Waals surface area contributed by atoms with E-state index in [4.69, 9.17) is 14.5 Å². The van der Waals surface area contributed by atoms with Gasteiger partial charge in [-0.3, -0.25) is 4.98 Å². The van der Waals surface area contributed by atoms with Crippen LogP contribution in [0.5, 0.6) is 5.75 Å². The molecule has 0 bridgehead atoms. The van der Waals surface area contributed by atoms with Crippen LogP contribution in [0.2, 0.25) is 0 Å². The number of hydrogen-bond donors (Lipinski definition) is 2. The van der Waals surface area contributed by atoms with Crippen molar-refractivity contribution in [1.29, 1.82) is 0 Å². The van der Waals surface area contributed by atoms with Gasteiger partial charge in [0.05, 0.1) is 19.8 Å². The Hall–Kier alpha value is -2.60. The summed E-state index contributed by atoms with van der Waals surface area (Å²) < 4.78 is 11.7. The quantitative estimate of drug-likeness (QED) is 0.428. The van der Waals surface area contributed by atoms with Crippen LogP contribution in [0.3, 0.4) is 0 Å². The first-order chi connectivity index (χ1) is 15.6. The van der Waals surface area contributed by atoms with Gasteiger partial charge in [0.1, 0.15) is 5.75 Å². The van der Waals surface area contributed by atoms with Gasteiger partial charge in [0.25, 0.3) is 0 Å². The summed E-state index contributed by atoms with van der Waals surface area (Å²) in [5.41, 5.74) is 3.53. The highest BCUT2D eigenvalue weighted by Gasteiger charge is 2.18. The average Bonchev–Trinajstić information content (AvgIpc) is 3.31. The fraction of sp³-hybridized carbons (Fsp3) is 0.538. The van der Waals surface area contributed by atoms with Crippen LogP contribution in [0.1, 0.15) is 49.8 Å². The number of guanidine groups is 1. The zero-order valence-electron chi connectivity index (χ0n) is 19.9. The van der Waals surface area contributed by atoms with Crippen LogP contribution in [0, 0.1) is 18.8 Å². The molecule has 174 valence electrons. The third kappa shape index (κ3) is 7.23. The van der Waals surface area contributed by atoms with Crippen LogP contribution in [0.4, 0.5) is 0 Å². The minimum atomic E-state index is 0.361. The summed E-state index contributed by atoms with van der Waals surface area (Å²) in [6, 6.07) is 10.5. The Morgan fingerprint density at radius 2 is 2.16 bits per heavy atom. The molecule has 0 amide bonds. The molecule has 2 unspecified atom stereocenters. The maximum absolute atomic E-state index is 6.18. The highest BCUT2D eigenvalue weighted by atomic mass is 16.5. The summed E-state index contributed by atoms with van der Waals surface area (Å²) >= 11 is 0. The van der Waals surface area contributed by atoms with Crippen molar-refractivity contribution in [3.8, 4) is 5.75 Å². The standard InChI is InChI=1S/C26H38N4O2/c1-5-28-26(30-16-24(19(2)3)22-7-6-11-27-14-22)29-15-23-9-8-20(4)13-25(23)32-18-21-10-12-31-17-21/h6-9,11,13-14,19,21,24H,5,10,12,15-18H2,1-4H3,(H2,28,29,30). The molecule has 0 aliphatic carbocycles. The lowest BCUT2D eigenvalue weighted by molar-refractivity contribution is 0.166. The second-order valence-corrected chi connectivity index (χ2v) is 8.86. The number of nitrogens with one attached hydrogen (secondary N) is 2. The van der Waals surface area contributed by atoms with Crippen LogP contribution in [0.15, 0.2) is 47.7 Å². The minimum absolute atomic E-state index is 0.361. The number of aromatic nitrogens is 1. The van der Waals surface area contributed by atoms with Gasteiger partial charge < -0.3 is 20.1 Å². The van der Waals surface area contributed by atoms with E-state index in [1.54, 1.807) is 0 Å². The van der Waals surface area contributed by atoms with Crippen LogP contribution in [-0.4, -0.2) is 43.9 Å². The zero-order valence-corrected chi connectivity index (χ0v) is 19.9. The van der Waals surface area contributed by atoms with Crippen LogP contribution < -0.4 is 15.4 Å². The number of hydrogen-bond acceptors (Lipinski definition) is 4. The van der Waals surface area contributed by atoms with Crippen molar-refractivity contribution in [1.82, 2.24) is 15.6 Å². The molecule has 1 aliphatic heterocycles. The van der Waals surface area contributed by atoms with E-state index < -0.39 is 0 Å². The van der Waals surface area contributed by atoms with Gasteiger partial charge in [0.15, 0.2) is 5.96 Å². The molecule has 1 aromatic heterocycles. The number of nitrogens with zero attached hydrogens (tertiary/aromatic N) is 2. The maximum Gasteiger partial charge on any atom is 0.191 e. The summed E-state index contributed by atoms with van der Waals surface area (Å²) in [6.45, 7) is 13.2. The number of ether oxygens (including phenoxy) is 2. The molecule has 0 radical (unpaired) electrons. The topological polar surface area (TPSA) is 67.8 Å². The van der Waals surface area contributed by atoms with Crippen molar-refractivity contribution in [2.24, 2.45) is 16.8 Å². The molecular weight excluding hydrogens is 400 g/mol. The lowest BCUT2D eigenvalue weighted by atomic mass is 9.89. The van der Waals surface area contributed by atoms with E-state index in [0.717, 1.165) is 50.0 Å². The number of benzene rings is 1. The summed E-state index contributed by atoms with van der Waals surface area (Å²) in [7, 11) is 0. The maximum atomic E-state index is 6.18. The van der Waals surface area contributed by atoms with Gasteiger partial charge in [-0.25, -0.2) is 4.99 Å². The molecule has 1 aliphatic rings. The molecule has 32 heavy (non-hydrogen) atoms.